The van der Waals surface area contributed by atoms with Crippen LogP contribution < -0.4 is 5.32 Å². The number of carbonyl (C=O) groups excluding carboxylic acids is 1. The van der Waals surface area contributed by atoms with Gasteiger partial charge in [0.1, 0.15) is 11.4 Å². The van der Waals surface area contributed by atoms with Crippen LogP contribution in [-0.4, -0.2) is 32.7 Å². The third kappa shape index (κ3) is 3.51. The molecule has 0 aromatic carbocycles. The molecule has 3 aromatic heterocycles. The van der Waals surface area contributed by atoms with Crippen LogP contribution in [0.1, 0.15) is 23.1 Å². The molecule has 7 nitrogen and oxygen atoms in total. The number of aromatic nitrogens is 4. The number of rotatable bonds is 5. The molecule has 0 bridgehead atoms. The molecule has 0 atom stereocenters. The van der Waals surface area contributed by atoms with Crippen LogP contribution in [-0.2, 0) is 4.74 Å². The Morgan fingerprint density at radius 1 is 1.39 bits per heavy atom. The molecule has 0 radical (unpaired) electrons. The number of hydrogen-bond acceptors (Lipinski definition) is 9. The Balaban J connectivity index is 1.87. The van der Waals surface area contributed by atoms with E-state index in [1.807, 2.05) is 17.5 Å². The predicted octanol–water partition coefficient (Wildman–Crippen LogP) is 3.29. The Morgan fingerprint density at radius 2 is 2.26 bits per heavy atom. The minimum atomic E-state index is -0.474. The average Bonchev–Trinajstić information content (AvgIpc) is 3.18. The topological polar surface area (TPSA) is 89.9 Å². The number of aryl methyl sites for hydroxylation is 1. The zero-order valence-electron chi connectivity index (χ0n) is 12.4. The highest BCUT2D eigenvalue weighted by Crippen LogP contribution is 2.31. The smallest absolute Gasteiger partial charge is 0.343 e. The van der Waals surface area contributed by atoms with Gasteiger partial charge >= 0.3 is 5.97 Å². The first-order valence-corrected chi connectivity index (χ1v) is 8.52. The molecule has 9 heteroatoms. The fraction of sp³-hybridized carbons (Fsp3) is 0.214. The van der Waals surface area contributed by atoms with Crippen LogP contribution in [0.15, 0.2) is 23.7 Å². The van der Waals surface area contributed by atoms with Crippen molar-refractivity contribution in [2.75, 3.05) is 11.9 Å². The van der Waals surface area contributed by atoms with E-state index in [-0.39, 0.29) is 12.2 Å². The molecule has 0 spiro atoms. The molecule has 0 saturated heterocycles. The highest BCUT2D eigenvalue weighted by molar-refractivity contribution is 7.22. The van der Waals surface area contributed by atoms with Crippen molar-refractivity contribution in [1.29, 1.82) is 0 Å². The number of anilines is 2. The fourth-order valence-electron chi connectivity index (χ4n) is 1.80. The fourth-order valence-corrected chi connectivity index (χ4v) is 3.33. The standard InChI is InChI=1S/C14H13N5O2S2/c1-3-21-13(20)9-7-15-8(2)16-11(9)17-14-19-18-12(23-14)10-5-4-6-22-10/h4-7H,3H2,1-2H3,(H,15,16,17,19). The van der Waals surface area contributed by atoms with E-state index in [1.165, 1.54) is 17.5 Å². The summed E-state index contributed by atoms with van der Waals surface area (Å²) in [5.74, 6) is 0.436. The van der Waals surface area contributed by atoms with Crippen molar-refractivity contribution in [2.45, 2.75) is 13.8 Å². The molecule has 3 heterocycles. The molecule has 0 aliphatic rings. The third-order valence-electron chi connectivity index (χ3n) is 2.79. The quantitative estimate of drug-likeness (QED) is 0.708. The zero-order chi connectivity index (χ0) is 16.2. The van der Waals surface area contributed by atoms with E-state index < -0.39 is 5.97 Å². The van der Waals surface area contributed by atoms with E-state index in [2.05, 4.69) is 25.5 Å². The second-order valence-corrected chi connectivity index (χ2v) is 6.34. The Morgan fingerprint density at radius 3 is 3.00 bits per heavy atom. The lowest BCUT2D eigenvalue weighted by Crippen LogP contribution is -2.11. The van der Waals surface area contributed by atoms with Crippen LogP contribution in [0.2, 0.25) is 0 Å². The van der Waals surface area contributed by atoms with E-state index in [1.54, 1.807) is 25.2 Å². The van der Waals surface area contributed by atoms with E-state index in [9.17, 15) is 4.79 Å². The lowest BCUT2D eigenvalue weighted by Gasteiger charge is -2.08. The van der Waals surface area contributed by atoms with E-state index >= 15 is 0 Å². The average molecular weight is 347 g/mol. The highest BCUT2D eigenvalue weighted by atomic mass is 32.1. The number of thiophene rings is 1. The van der Waals surface area contributed by atoms with E-state index in [0.717, 1.165) is 9.88 Å². The molecular formula is C14H13N5O2S2. The van der Waals surface area contributed by atoms with Gasteiger partial charge in [0.25, 0.3) is 0 Å². The summed E-state index contributed by atoms with van der Waals surface area (Å²) >= 11 is 2.98. The molecule has 1 N–H and O–H groups in total. The van der Waals surface area contributed by atoms with Gasteiger partial charge in [0.05, 0.1) is 11.5 Å². The summed E-state index contributed by atoms with van der Waals surface area (Å²) in [7, 11) is 0. The van der Waals surface area contributed by atoms with Crippen molar-refractivity contribution < 1.29 is 9.53 Å². The van der Waals surface area contributed by atoms with E-state index in [4.69, 9.17) is 4.74 Å². The zero-order valence-corrected chi connectivity index (χ0v) is 14.1. The molecule has 0 unspecified atom stereocenters. The molecular weight excluding hydrogens is 334 g/mol. The van der Waals surface area contributed by atoms with Gasteiger partial charge in [-0.2, -0.15) is 0 Å². The largest absolute Gasteiger partial charge is 0.462 e. The molecule has 0 aliphatic carbocycles. The van der Waals surface area contributed by atoms with Gasteiger partial charge in [-0.25, -0.2) is 14.8 Å². The lowest BCUT2D eigenvalue weighted by molar-refractivity contribution is 0.0526. The molecule has 0 aliphatic heterocycles. The normalized spacial score (nSPS) is 10.5. The van der Waals surface area contributed by atoms with Crippen LogP contribution in [0.3, 0.4) is 0 Å². The first-order valence-electron chi connectivity index (χ1n) is 6.82. The summed E-state index contributed by atoms with van der Waals surface area (Å²) in [4.78, 5) is 21.3. The van der Waals surface area contributed by atoms with Gasteiger partial charge in [0.2, 0.25) is 5.13 Å². The maximum atomic E-state index is 12.0. The molecule has 0 amide bonds. The second kappa shape index (κ2) is 6.80. The first kappa shape index (κ1) is 15.5. The van der Waals surface area contributed by atoms with Crippen LogP contribution in [0, 0.1) is 6.92 Å². The maximum absolute atomic E-state index is 12.0. The Bertz CT molecular complexity index is 816. The van der Waals surface area contributed by atoms with Crippen LogP contribution in [0.25, 0.3) is 9.88 Å². The number of nitrogens with zero attached hydrogens (tertiary/aromatic N) is 4. The van der Waals surface area contributed by atoms with Crippen molar-refractivity contribution in [3.05, 3.63) is 35.1 Å². The minimum Gasteiger partial charge on any atom is -0.462 e. The Kier molecular flexibility index (Phi) is 4.58. The number of esters is 1. The van der Waals surface area contributed by atoms with Crippen molar-refractivity contribution in [1.82, 2.24) is 20.2 Å². The number of carbonyl (C=O) groups is 1. The van der Waals surface area contributed by atoms with Crippen LogP contribution in [0.5, 0.6) is 0 Å². The molecule has 0 saturated carbocycles. The summed E-state index contributed by atoms with van der Waals surface area (Å²) in [6, 6.07) is 3.94. The maximum Gasteiger partial charge on any atom is 0.343 e. The van der Waals surface area contributed by atoms with E-state index in [0.29, 0.717) is 16.8 Å². The lowest BCUT2D eigenvalue weighted by atomic mass is 10.3. The van der Waals surface area contributed by atoms with Gasteiger partial charge in [0.15, 0.2) is 10.8 Å². The number of hydrogen-bond donors (Lipinski definition) is 1. The van der Waals surface area contributed by atoms with Gasteiger partial charge < -0.3 is 10.1 Å². The van der Waals surface area contributed by atoms with Gasteiger partial charge in [-0.1, -0.05) is 17.4 Å². The van der Waals surface area contributed by atoms with Gasteiger partial charge in [-0.05, 0) is 25.3 Å². The molecule has 118 valence electrons. The van der Waals surface area contributed by atoms with Crippen molar-refractivity contribution >= 4 is 39.6 Å². The number of ether oxygens (including phenoxy) is 1. The van der Waals surface area contributed by atoms with Crippen LogP contribution >= 0.6 is 22.7 Å². The monoisotopic (exact) mass is 347 g/mol. The molecule has 23 heavy (non-hydrogen) atoms. The Labute approximate surface area is 140 Å². The summed E-state index contributed by atoms with van der Waals surface area (Å²) in [6.07, 6.45) is 1.45. The van der Waals surface area contributed by atoms with Crippen molar-refractivity contribution in [3.8, 4) is 9.88 Å². The Hall–Kier alpha value is -2.39. The molecule has 0 fully saturated rings. The number of nitrogens with one attached hydrogen (secondary N) is 1. The first-order chi connectivity index (χ1) is 11.2. The summed E-state index contributed by atoms with van der Waals surface area (Å²) in [5, 5.41) is 14.6. The van der Waals surface area contributed by atoms with Gasteiger partial charge in [0, 0.05) is 6.20 Å². The summed E-state index contributed by atoms with van der Waals surface area (Å²) in [5.41, 5.74) is 0.269. The van der Waals surface area contributed by atoms with Crippen LogP contribution in [0.4, 0.5) is 10.9 Å². The van der Waals surface area contributed by atoms with Crippen molar-refractivity contribution in [3.63, 3.8) is 0 Å². The third-order valence-corrected chi connectivity index (χ3v) is 4.66. The molecule has 3 rings (SSSR count). The predicted molar refractivity (Wildman–Crippen MR) is 89.2 cm³/mol. The molecule has 3 aromatic rings. The summed E-state index contributed by atoms with van der Waals surface area (Å²) in [6.45, 7) is 3.78. The van der Waals surface area contributed by atoms with Gasteiger partial charge in [-0.15, -0.1) is 21.5 Å². The summed E-state index contributed by atoms with van der Waals surface area (Å²) < 4.78 is 5.02. The SMILES string of the molecule is CCOC(=O)c1cnc(C)nc1Nc1nnc(-c2cccs2)s1. The highest BCUT2D eigenvalue weighted by Gasteiger charge is 2.17. The second-order valence-electron chi connectivity index (χ2n) is 4.41. The minimum absolute atomic E-state index is 0.269. The van der Waals surface area contributed by atoms with Gasteiger partial charge in [-0.3, -0.25) is 0 Å². The van der Waals surface area contributed by atoms with Crippen molar-refractivity contribution in [2.24, 2.45) is 0 Å².